The second-order valence-electron chi connectivity index (χ2n) is 8.86. The van der Waals surface area contributed by atoms with Gasteiger partial charge in [0.1, 0.15) is 17.3 Å². The van der Waals surface area contributed by atoms with E-state index in [2.05, 4.69) is 20.3 Å². The van der Waals surface area contributed by atoms with Crippen molar-refractivity contribution in [3.8, 4) is 10.4 Å². The first-order chi connectivity index (χ1) is 17.3. The van der Waals surface area contributed by atoms with Crippen molar-refractivity contribution in [3.63, 3.8) is 0 Å². The Morgan fingerprint density at radius 1 is 1.03 bits per heavy atom. The van der Waals surface area contributed by atoms with Crippen LogP contribution in [0.15, 0.2) is 36.4 Å². The number of carbonyl (C=O) groups excluding carboxylic acids is 1. The van der Waals surface area contributed by atoms with E-state index in [0.29, 0.717) is 30.3 Å². The largest absolute Gasteiger partial charge is 0.366 e. The Morgan fingerprint density at radius 3 is 2.44 bits per heavy atom. The van der Waals surface area contributed by atoms with Crippen molar-refractivity contribution >= 4 is 34.1 Å². The number of hydrogen-bond acceptors (Lipinski definition) is 6. The number of benzene rings is 2. The number of likely N-dealkylation sites (tertiary alicyclic amines) is 1. The second kappa shape index (κ2) is 9.85. The Balaban J connectivity index is 1.38. The van der Waals surface area contributed by atoms with Gasteiger partial charge in [-0.1, -0.05) is 12.1 Å². The van der Waals surface area contributed by atoms with Crippen LogP contribution >= 0.6 is 11.3 Å². The first-order valence-corrected chi connectivity index (χ1v) is 12.5. The van der Waals surface area contributed by atoms with Crippen LogP contribution in [0.25, 0.3) is 21.5 Å². The van der Waals surface area contributed by atoms with Gasteiger partial charge in [0.25, 0.3) is 5.91 Å². The lowest BCUT2D eigenvalue weighted by molar-refractivity contribution is 0.0623. The van der Waals surface area contributed by atoms with Gasteiger partial charge in [-0.05, 0) is 50.8 Å². The minimum absolute atomic E-state index is 0.115. The zero-order valence-electron chi connectivity index (χ0n) is 19.8. The summed E-state index contributed by atoms with van der Waals surface area (Å²) in [7, 11) is 0. The molecule has 2 aromatic carbocycles. The Labute approximate surface area is 210 Å². The van der Waals surface area contributed by atoms with Crippen LogP contribution in [0.4, 0.5) is 19.0 Å². The van der Waals surface area contributed by atoms with Gasteiger partial charge >= 0.3 is 0 Å². The van der Waals surface area contributed by atoms with Gasteiger partial charge in [0.2, 0.25) is 0 Å². The Bertz CT molecular complexity index is 1440. The molecule has 2 aromatic heterocycles. The summed E-state index contributed by atoms with van der Waals surface area (Å²) in [6, 6.07) is 8.01. The van der Waals surface area contributed by atoms with Gasteiger partial charge in [0, 0.05) is 31.3 Å². The lowest BCUT2D eigenvalue weighted by Gasteiger charge is -2.36. The van der Waals surface area contributed by atoms with Gasteiger partial charge in [-0.25, -0.2) is 28.1 Å². The fourth-order valence-electron chi connectivity index (χ4n) is 4.51. The molecular formula is C26H24F3N5OS. The zero-order chi connectivity index (χ0) is 25.4. The molecule has 1 N–H and O–H groups in total. The predicted molar refractivity (Wildman–Crippen MR) is 134 cm³/mol. The van der Waals surface area contributed by atoms with E-state index in [1.165, 1.54) is 23.5 Å². The minimum atomic E-state index is -0.980. The van der Waals surface area contributed by atoms with Crippen LogP contribution in [0.1, 0.15) is 40.5 Å². The molecule has 0 spiro atoms. The third-order valence-corrected chi connectivity index (χ3v) is 7.34. The van der Waals surface area contributed by atoms with E-state index >= 15 is 0 Å². The highest BCUT2D eigenvalue weighted by Gasteiger charge is 2.31. The first-order valence-electron chi connectivity index (χ1n) is 11.7. The quantitative estimate of drug-likeness (QED) is 0.362. The second-order valence-corrected chi connectivity index (χ2v) is 10.1. The summed E-state index contributed by atoms with van der Waals surface area (Å²) < 4.78 is 40.7. The van der Waals surface area contributed by atoms with Crippen LogP contribution in [-0.4, -0.2) is 44.9 Å². The van der Waals surface area contributed by atoms with Crippen LogP contribution < -0.4 is 5.32 Å². The molecule has 1 unspecified atom stereocenters. The monoisotopic (exact) mass is 511 g/mol. The smallest absolute Gasteiger partial charge is 0.274 e. The topological polar surface area (TPSA) is 71.0 Å². The number of carbonyl (C=O) groups is 1. The fraction of sp³-hybridized carbons (Fsp3) is 0.308. The third kappa shape index (κ3) is 4.77. The number of nitrogens with zero attached hydrogens (tertiary/aromatic N) is 4. The molecule has 1 amide bonds. The molecule has 186 valence electrons. The van der Waals surface area contributed by atoms with Gasteiger partial charge in [0.15, 0.2) is 11.6 Å². The number of halogens is 3. The number of rotatable bonds is 5. The molecule has 5 rings (SSSR count). The highest BCUT2D eigenvalue weighted by Crippen LogP contribution is 2.32. The highest BCUT2D eigenvalue weighted by molar-refractivity contribution is 7.15. The number of aryl methyl sites for hydroxylation is 2. The molecule has 1 aliphatic rings. The maximum atomic E-state index is 13.7. The number of hydrogen-bond donors (Lipinski definition) is 1. The molecule has 10 heteroatoms. The van der Waals surface area contributed by atoms with Crippen molar-refractivity contribution in [1.82, 2.24) is 19.9 Å². The molecule has 1 saturated heterocycles. The normalized spacial score (nSPS) is 15.9. The molecule has 0 bridgehead atoms. The number of piperidine rings is 1. The minimum Gasteiger partial charge on any atom is -0.366 e. The van der Waals surface area contributed by atoms with Gasteiger partial charge in [-0.3, -0.25) is 4.79 Å². The lowest BCUT2D eigenvalue weighted by Crippen LogP contribution is -2.47. The molecule has 1 atom stereocenters. The van der Waals surface area contributed by atoms with Crippen molar-refractivity contribution in [2.24, 2.45) is 0 Å². The van der Waals surface area contributed by atoms with Crippen LogP contribution in [-0.2, 0) is 0 Å². The molecule has 3 heterocycles. The molecule has 0 aliphatic carbocycles. The van der Waals surface area contributed by atoms with Gasteiger partial charge < -0.3 is 10.2 Å². The summed E-state index contributed by atoms with van der Waals surface area (Å²) >= 11 is 1.41. The molecule has 1 aliphatic heterocycles. The van der Waals surface area contributed by atoms with Gasteiger partial charge in [-0.15, -0.1) is 11.3 Å². The summed E-state index contributed by atoms with van der Waals surface area (Å²) in [5, 5.41) is 4.02. The molecule has 4 aromatic rings. The van der Waals surface area contributed by atoms with Crippen LogP contribution in [0, 0.1) is 31.3 Å². The highest BCUT2D eigenvalue weighted by atomic mass is 32.1. The van der Waals surface area contributed by atoms with Crippen molar-refractivity contribution in [3.05, 3.63) is 70.2 Å². The average Bonchev–Trinajstić information content (AvgIpc) is 3.25. The Morgan fingerprint density at radius 2 is 1.72 bits per heavy atom. The maximum absolute atomic E-state index is 13.7. The van der Waals surface area contributed by atoms with Crippen LogP contribution in [0.2, 0.25) is 0 Å². The third-order valence-electron chi connectivity index (χ3n) is 6.32. The standard InChI is InChI=1S/C26H24F3N5OS/c1-14-25(33-22-12-20(29)19(28)11-21(22)31-14)30-13-18-5-3-4-10-34(18)26(35)23-24(36-15(2)32-23)16-6-8-17(27)9-7-16/h6-9,11-12,18H,3-5,10,13H2,1-2H3,(H,30,33). The van der Waals surface area contributed by atoms with Crippen molar-refractivity contribution in [2.75, 3.05) is 18.4 Å². The molecule has 36 heavy (non-hydrogen) atoms. The summed E-state index contributed by atoms with van der Waals surface area (Å²) in [5.41, 5.74) is 2.20. The number of fused-ring (bicyclic) bond motifs is 1. The summed E-state index contributed by atoms with van der Waals surface area (Å²) in [6.07, 6.45) is 2.66. The van der Waals surface area contributed by atoms with Gasteiger partial charge in [-0.2, -0.15) is 0 Å². The van der Waals surface area contributed by atoms with Gasteiger partial charge in [0.05, 0.1) is 26.6 Å². The fourth-order valence-corrected chi connectivity index (χ4v) is 5.42. The number of amides is 1. The molecule has 0 radical (unpaired) electrons. The van der Waals surface area contributed by atoms with E-state index in [9.17, 15) is 18.0 Å². The van der Waals surface area contributed by atoms with Crippen molar-refractivity contribution in [1.29, 1.82) is 0 Å². The first kappa shape index (κ1) is 24.2. The summed E-state index contributed by atoms with van der Waals surface area (Å²) in [4.78, 5) is 29.5. The van der Waals surface area contributed by atoms with E-state index < -0.39 is 11.6 Å². The lowest BCUT2D eigenvalue weighted by atomic mass is 10.0. The summed E-state index contributed by atoms with van der Waals surface area (Å²) in [6.45, 7) is 4.61. The number of nitrogens with one attached hydrogen (secondary N) is 1. The molecular weight excluding hydrogens is 487 g/mol. The van der Waals surface area contributed by atoms with Crippen molar-refractivity contribution < 1.29 is 18.0 Å². The number of anilines is 1. The van der Waals surface area contributed by atoms with E-state index in [1.807, 2.05) is 11.8 Å². The van der Waals surface area contributed by atoms with Crippen molar-refractivity contribution in [2.45, 2.75) is 39.2 Å². The van der Waals surface area contributed by atoms with E-state index in [0.717, 1.165) is 46.8 Å². The molecule has 0 saturated carbocycles. The predicted octanol–water partition coefficient (Wildman–Crippen LogP) is 5.89. The maximum Gasteiger partial charge on any atom is 0.274 e. The summed E-state index contributed by atoms with van der Waals surface area (Å²) in [5.74, 6) is -1.99. The van der Waals surface area contributed by atoms with E-state index in [-0.39, 0.29) is 28.8 Å². The SMILES string of the molecule is Cc1nc(C(=O)N2CCCCC2CNc2nc3cc(F)c(F)cc3nc2C)c(-c2ccc(F)cc2)s1. The Hall–Kier alpha value is -3.53. The molecule has 1 fully saturated rings. The molecule has 6 nitrogen and oxygen atoms in total. The average molecular weight is 512 g/mol. The van der Waals surface area contributed by atoms with Crippen LogP contribution in [0.5, 0.6) is 0 Å². The Kier molecular flexibility index (Phi) is 6.61. The van der Waals surface area contributed by atoms with E-state index in [1.54, 1.807) is 19.1 Å². The van der Waals surface area contributed by atoms with E-state index in [4.69, 9.17) is 0 Å². The number of thiazole rings is 1. The van der Waals surface area contributed by atoms with Crippen LogP contribution in [0.3, 0.4) is 0 Å². The number of aromatic nitrogens is 3. The zero-order valence-corrected chi connectivity index (χ0v) is 20.6.